The third-order valence-electron chi connectivity index (χ3n) is 3.27. The van der Waals surface area contributed by atoms with Gasteiger partial charge in [-0.05, 0) is 31.0 Å². The second-order valence-corrected chi connectivity index (χ2v) is 4.53. The van der Waals surface area contributed by atoms with Crippen LogP contribution in [0.1, 0.15) is 24.0 Å². The van der Waals surface area contributed by atoms with Crippen molar-refractivity contribution in [3.63, 3.8) is 0 Å². The summed E-state index contributed by atoms with van der Waals surface area (Å²) in [5, 5.41) is 15.2. The zero-order valence-electron chi connectivity index (χ0n) is 11.0. The van der Waals surface area contributed by atoms with Gasteiger partial charge in [-0.1, -0.05) is 17.3 Å². The third kappa shape index (κ3) is 3.26. The lowest BCUT2D eigenvalue weighted by atomic mass is 10.1. The van der Waals surface area contributed by atoms with E-state index in [2.05, 4.69) is 22.6 Å². The first-order valence-electron chi connectivity index (χ1n) is 6.27. The Morgan fingerprint density at radius 2 is 2.21 bits per heavy atom. The Bertz CT molecular complexity index is 489. The highest BCUT2D eigenvalue weighted by Crippen LogP contribution is 2.21. The fraction of sp³-hybridized carbons (Fsp3) is 0.357. The third-order valence-corrected chi connectivity index (χ3v) is 3.27. The normalized spacial score (nSPS) is 15.9. The predicted octanol–water partition coefficient (Wildman–Crippen LogP) is 1.60. The number of benzene rings is 1. The Hall–Kier alpha value is -2.01. The van der Waals surface area contributed by atoms with Crippen molar-refractivity contribution >= 4 is 5.84 Å². The van der Waals surface area contributed by atoms with Gasteiger partial charge in [0.15, 0.2) is 5.84 Å². The molecule has 5 heteroatoms. The molecular formula is C14H19N3O2. The Morgan fingerprint density at radius 1 is 1.47 bits per heavy atom. The first-order valence-corrected chi connectivity index (χ1v) is 6.27. The van der Waals surface area contributed by atoms with Crippen molar-refractivity contribution in [2.24, 2.45) is 10.9 Å². The summed E-state index contributed by atoms with van der Waals surface area (Å²) in [7, 11) is 1.64. The van der Waals surface area contributed by atoms with Gasteiger partial charge >= 0.3 is 0 Å². The van der Waals surface area contributed by atoms with E-state index in [1.807, 2.05) is 12.1 Å². The van der Waals surface area contributed by atoms with Crippen molar-refractivity contribution in [2.45, 2.75) is 25.4 Å². The van der Waals surface area contributed by atoms with Gasteiger partial charge < -0.3 is 21.0 Å². The summed E-state index contributed by atoms with van der Waals surface area (Å²) >= 11 is 0. The number of nitrogens with two attached hydrogens (primary N) is 1. The van der Waals surface area contributed by atoms with E-state index in [4.69, 9.17) is 15.7 Å². The van der Waals surface area contributed by atoms with Crippen LogP contribution in [0.25, 0.3) is 0 Å². The summed E-state index contributed by atoms with van der Waals surface area (Å²) < 4.78 is 5.33. The van der Waals surface area contributed by atoms with Crippen LogP contribution < -0.4 is 15.8 Å². The smallest absolute Gasteiger partial charge is 0.170 e. The molecule has 0 saturated heterocycles. The summed E-state index contributed by atoms with van der Waals surface area (Å²) in [5.74, 6) is 0.902. The molecule has 1 aromatic carbocycles. The molecular weight excluding hydrogens is 242 g/mol. The largest absolute Gasteiger partial charge is 0.496 e. The molecule has 2 rings (SSSR count). The summed E-state index contributed by atoms with van der Waals surface area (Å²) in [5.41, 5.74) is 7.29. The molecule has 0 aliphatic heterocycles. The number of amidine groups is 1. The van der Waals surface area contributed by atoms with Crippen LogP contribution in [0, 0.1) is 0 Å². The van der Waals surface area contributed by atoms with Crippen LogP contribution in [0.2, 0.25) is 0 Å². The van der Waals surface area contributed by atoms with Gasteiger partial charge in [-0.15, -0.1) is 0 Å². The van der Waals surface area contributed by atoms with Gasteiger partial charge in [0.25, 0.3) is 0 Å². The molecule has 0 aromatic heterocycles. The quantitative estimate of drug-likeness (QED) is 0.247. The summed E-state index contributed by atoms with van der Waals surface area (Å²) in [6.07, 6.45) is 6.48. The van der Waals surface area contributed by atoms with Gasteiger partial charge in [-0.3, -0.25) is 0 Å². The zero-order chi connectivity index (χ0) is 13.7. The molecule has 0 bridgehead atoms. The first-order chi connectivity index (χ1) is 9.24. The molecule has 0 atom stereocenters. The number of hydrogen-bond acceptors (Lipinski definition) is 4. The lowest BCUT2D eigenvalue weighted by Crippen LogP contribution is -2.26. The van der Waals surface area contributed by atoms with Crippen LogP contribution in [0.4, 0.5) is 0 Å². The lowest BCUT2D eigenvalue weighted by Gasteiger charge is -2.15. The molecule has 1 aromatic rings. The van der Waals surface area contributed by atoms with E-state index >= 15 is 0 Å². The molecule has 0 radical (unpaired) electrons. The molecule has 5 nitrogen and oxygen atoms in total. The number of nitrogens with one attached hydrogen (secondary N) is 1. The van der Waals surface area contributed by atoms with E-state index in [0.717, 1.165) is 24.2 Å². The van der Waals surface area contributed by atoms with Gasteiger partial charge in [0.2, 0.25) is 0 Å². The average molecular weight is 261 g/mol. The van der Waals surface area contributed by atoms with E-state index in [0.29, 0.717) is 18.2 Å². The molecule has 0 amide bonds. The van der Waals surface area contributed by atoms with Gasteiger partial charge in [0.1, 0.15) is 5.75 Å². The van der Waals surface area contributed by atoms with Crippen LogP contribution in [0.3, 0.4) is 0 Å². The topological polar surface area (TPSA) is 79.9 Å². The summed E-state index contributed by atoms with van der Waals surface area (Å²) in [4.78, 5) is 0. The van der Waals surface area contributed by atoms with Gasteiger partial charge in [-0.25, -0.2) is 0 Å². The van der Waals surface area contributed by atoms with Crippen LogP contribution in [0.5, 0.6) is 5.75 Å². The Kier molecular flexibility index (Phi) is 4.41. The Morgan fingerprint density at radius 3 is 2.84 bits per heavy atom. The molecule has 0 saturated carbocycles. The van der Waals surface area contributed by atoms with Crippen LogP contribution >= 0.6 is 0 Å². The first kappa shape index (κ1) is 13.4. The average Bonchev–Trinajstić information content (AvgIpc) is 2.97. The van der Waals surface area contributed by atoms with Gasteiger partial charge in [0, 0.05) is 23.7 Å². The molecule has 0 unspecified atom stereocenters. The number of oxime groups is 1. The highest BCUT2D eigenvalue weighted by Gasteiger charge is 2.12. The Labute approximate surface area is 112 Å². The van der Waals surface area contributed by atoms with E-state index in [-0.39, 0.29) is 5.84 Å². The number of rotatable bonds is 5. The molecule has 0 spiro atoms. The second kappa shape index (κ2) is 6.24. The predicted molar refractivity (Wildman–Crippen MR) is 74.5 cm³/mol. The maximum absolute atomic E-state index is 8.72. The highest BCUT2D eigenvalue weighted by atomic mass is 16.5. The summed E-state index contributed by atoms with van der Waals surface area (Å²) in [6.45, 7) is 0.696. The molecule has 19 heavy (non-hydrogen) atoms. The van der Waals surface area contributed by atoms with E-state index in [9.17, 15) is 0 Å². The number of methoxy groups -OCH3 is 1. The molecule has 0 heterocycles. The van der Waals surface area contributed by atoms with E-state index < -0.39 is 0 Å². The number of hydrogen-bond donors (Lipinski definition) is 3. The minimum atomic E-state index is 0.103. The molecule has 0 fully saturated rings. The SMILES string of the molecule is COc1ccc(/C(N)=N/O)cc1CNC1CC=CC1. The maximum Gasteiger partial charge on any atom is 0.170 e. The van der Waals surface area contributed by atoms with Crippen molar-refractivity contribution in [1.29, 1.82) is 0 Å². The van der Waals surface area contributed by atoms with Crippen molar-refractivity contribution in [3.05, 3.63) is 41.5 Å². The standard InChI is InChI=1S/C14H19N3O2/c1-19-13-7-6-10(14(15)17-18)8-11(13)9-16-12-4-2-3-5-12/h2-3,6-8,12,16,18H,4-5,9H2,1H3,(H2,15,17). The van der Waals surface area contributed by atoms with Crippen LogP contribution in [-0.2, 0) is 6.54 Å². The number of ether oxygens (including phenoxy) is 1. The summed E-state index contributed by atoms with van der Waals surface area (Å²) in [6, 6.07) is 5.96. The fourth-order valence-corrected chi connectivity index (χ4v) is 2.17. The Balaban J connectivity index is 2.11. The van der Waals surface area contributed by atoms with Crippen molar-refractivity contribution in [3.8, 4) is 5.75 Å². The monoisotopic (exact) mass is 261 g/mol. The fourth-order valence-electron chi connectivity index (χ4n) is 2.17. The molecule has 1 aliphatic carbocycles. The lowest BCUT2D eigenvalue weighted by molar-refractivity contribution is 0.318. The molecule has 4 N–H and O–H groups in total. The zero-order valence-corrected chi connectivity index (χ0v) is 11.0. The highest BCUT2D eigenvalue weighted by molar-refractivity contribution is 5.97. The van der Waals surface area contributed by atoms with Crippen molar-refractivity contribution in [1.82, 2.24) is 5.32 Å². The van der Waals surface area contributed by atoms with E-state index in [1.165, 1.54) is 0 Å². The molecule has 1 aliphatic rings. The maximum atomic E-state index is 8.72. The second-order valence-electron chi connectivity index (χ2n) is 4.53. The van der Waals surface area contributed by atoms with Crippen molar-refractivity contribution < 1.29 is 9.94 Å². The number of nitrogens with zero attached hydrogens (tertiary/aromatic N) is 1. The van der Waals surface area contributed by atoms with Gasteiger partial charge in [0.05, 0.1) is 7.11 Å². The van der Waals surface area contributed by atoms with Crippen molar-refractivity contribution in [2.75, 3.05) is 7.11 Å². The minimum absolute atomic E-state index is 0.103. The van der Waals surface area contributed by atoms with Crippen LogP contribution in [0.15, 0.2) is 35.5 Å². The van der Waals surface area contributed by atoms with Crippen LogP contribution in [-0.4, -0.2) is 24.2 Å². The minimum Gasteiger partial charge on any atom is -0.496 e. The van der Waals surface area contributed by atoms with E-state index in [1.54, 1.807) is 13.2 Å². The van der Waals surface area contributed by atoms with Gasteiger partial charge in [-0.2, -0.15) is 0 Å². The molecule has 102 valence electrons.